The SMILES string of the molecule is c1ccc(-c2ccc(N3B4c5c(cc6c(sc7ccccc76)c5-n5c6ccc(-c7ccccc7)cc6c6cc(-c7ccccc7)cc4c65)-c4ccc5c(c43)c3ccccc3n5-c3ccccc3)cc2)cc1. The number of aromatic nitrogens is 2. The van der Waals surface area contributed by atoms with Gasteiger partial charge in [-0.15, -0.1) is 11.3 Å². The molecule has 0 saturated heterocycles. The van der Waals surface area contributed by atoms with Crippen molar-refractivity contribution < 1.29 is 0 Å². The van der Waals surface area contributed by atoms with Crippen molar-refractivity contribution in [1.82, 2.24) is 9.13 Å². The summed E-state index contributed by atoms with van der Waals surface area (Å²) in [5.74, 6) is 0. The standard InChI is InChI=1S/C66H40BN3S/c1-5-17-41(18-6-1)44-29-32-48(33-30-44)70-64-50(34-36-59-61(64)51-26-13-15-27-57(51)68(59)47-23-11-4-12-24-47)53-40-55-49-25-14-16-28-60(49)71-66(55)65-62(53)67(70)56-39-46(43-21-9-3-10-22-43)38-54-52-37-45(42-19-7-2-8-20-42)31-35-58(52)69(65)63(54)56/h1-40H. The van der Waals surface area contributed by atoms with Gasteiger partial charge in [0.05, 0.1) is 32.5 Å². The average molecular weight is 918 g/mol. The van der Waals surface area contributed by atoms with Crippen LogP contribution in [0.3, 0.4) is 0 Å². The number of hydrogen-bond donors (Lipinski definition) is 0. The molecule has 5 heteroatoms. The molecule has 71 heavy (non-hydrogen) atoms. The Bertz CT molecular complexity index is 4500. The number of anilines is 2. The molecule has 0 atom stereocenters. The zero-order chi connectivity index (χ0) is 46.3. The molecule has 16 rings (SSSR count). The van der Waals surface area contributed by atoms with E-state index in [1.807, 2.05) is 11.3 Å². The third kappa shape index (κ3) is 5.49. The Hall–Kier alpha value is -8.90. The van der Waals surface area contributed by atoms with Crippen LogP contribution in [0, 0.1) is 0 Å². The van der Waals surface area contributed by atoms with Gasteiger partial charge in [0.2, 0.25) is 0 Å². The molecule has 328 valence electrons. The van der Waals surface area contributed by atoms with Crippen LogP contribution in [-0.4, -0.2) is 16.0 Å². The minimum absolute atomic E-state index is 0.189. The minimum atomic E-state index is -0.189. The highest BCUT2D eigenvalue weighted by Crippen LogP contribution is 2.53. The predicted octanol–water partition coefficient (Wildman–Crippen LogP) is 16.5. The summed E-state index contributed by atoms with van der Waals surface area (Å²) >= 11 is 1.93. The van der Waals surface area contributed by atoms with Crippen LogP contribution in [0.1, 0.15) is 0 Å². The van der Waals surface area contributed by atoms with Crippen LogP contribution in [0.5, 0.6) is 0 Å². The van der Waals surface area contributed by atoms with Gasteiger partial charge in [-0.25, -0.2) is 0 Å². The number of hydrogen-bond acceptors (Lipinski definition) is 2. The molecular weight excluding hydrogens is 878 g/mol. The third-order valence-electron chi connectivity index (χ3n) is 15.4. The van der Waals surface area contributed by atoms with Crippen molar-refractivity contribution in [3.05, 3.63) is 243 Å². The van der Waals surface area contributed by atoms with E-state index in [9.17, 15) is 0 Å². The lowest BCUT2D eigenvalue weighted by atomic mass is 9.43. The van der Waals surface area contributed by atoms with Gasteiger partial charge >= 0.3 is 6.85 Å². The van der Waals surface area contributed by atoms with E-state index in [0.717, 1.165) is 11.4 Å². The van der Waals surface area contributed by atoms with Crippen molar-refractivity contribution in [1.29, 1.82) is 0 Å². The lowest BCUT2D eigenvalue weighted by Gasteiger charge is -2.43. The molecule has 14 aromatic rings. The first-order chi connectivity index (χ1) is 35.2. The van der Waals surface area contributed by atoms with E-state index in [1.54, 1.807) is 0 Å². The minimum Gasteiger partial charge on any atom is -0.376 e. The van der Waals surface area contributed by atoms with Crippen LogP contribution in [0.2, 0.25) is 0 Å². The second-order valence-electron chi connectivity index (χ2n) is 19.2. The summed E-state index contributed by atoms with van der Waals surface area (Å²) in [4.78, 5) is 2.74. The summed E-state index contributed by atoms with van der Waals surface area (Å²) in [6.07, 6.45) is 0. The van der Waals surface area contributed by atoms with Crippen molar-refractivity contribution in [3.63, 3.8) is 0 Å². The maximum atomic E-state index is 2.74. The summed E-state index contributed by atoms with van der Waals surface area (Å²) in [5, 5.41) is 7.62. The molecule has 0 radical (unpaired) electrons. The maximum Gasteiger partial charge on any atom is 0.333 e. The smallest absolute Gasteiger partial charge is 0.333 e. The fraction of sp³-hybridized carbons (Fsp3) is 0. The van der Waals surface area contributed by atoms with Gasteiger partial charge in [0.15, 0.2) is 0 Å². The Morgan fingerprint density at radius 1 is 0.338 bits per heavy atom. The molecule has 5 heterocycles. The highest BCUT2D eigenvalue weighted by atomic mass is 32.1. The highest BCUT2D eigenvalue weighted by molar-refractivity contribution is 7.26. The molecule has 2 aliphatic heterocycles. The summed E-state index contributed by atoms with van der Waals surface area (Å²) in [7, 11) is 0. The highest BCUT2D eigenvalue weighted by Gasteiger charge is 2.46. The zero-order valence-electron chi connectivity index (χ0n) is 38.4. The molecule has 0 amide bonds. The van der Waals surface area contributed by atoms with Crippen molar-refractivity contribution in [2.24, 2.45) is 0 Å². The van der Waals surface area contributed by atoms with Gasteiger partial charge in [-0.2, -0.15) is 0 Å². The summed E-state index contributed by atoms with van der Waals surface area (Å²) in [6.45, 7) is -0.189. The van der Waals surface area contributed by atoms with Gasteiger partial charge in [0.1, 0.15) is 0 Å². The van der Waals surface area contributed by atoms with Crippen LogP contribution in [0.4, 0.5) is 11.4 Å². The molecule has 3 nitrogen and oxygen atoms in total. The largest absolute Gasteiger partial charge is 0.376 e. The van der Waals surface area contributed by atoms with E-state index in [4.69, 9.17) is 0 Å². The van der Waals surface area contributed by atoms with Gasteiger partial charge in [0, 0.05) is 59.6 Å². The topological polar surface area (TPSA) is 13.1 Å². The maximum absolute atomic E-state index is 2.74. The fourth-order valence-corrected chi connectivity index (χ4v) is 13.7. The molecule has 3 aromatic heterocycles. The summed E-state index contributed by atoms with van der Waals surface area (Å²) in [5.41, 5.74) is 22.2. The van der Waals surface area contributed by atoms with Crippen molar-refractivity contribution in [2.45, 2.75) is 0 Å². The van der Waals surface area contributed by atoms with Gasteiger partial charge in [0.25, 0.3) is 0 Å². The molecule has 0 spiro atoms. The zero-order valence-corrected chi connectivity index (χ0v) is 39.2. The van der Waals surface area contributed by atoms with E-state index in [0.29, 0.717) is 0 Å². The van der Waals surface area contributed by atoms with Crippen LogP contribution >= 0.6 is 11.3 Å². The van der Waals surface area contributed by atoms with Crippen molar-refractivity contribution in [2.75, 3.05) is 4.81 Å². The number of para-hydroxylation sites is 2. The average Bonchev–Trinajstić information content (AvgIpc) is 4.11. The Labute approximate surface area is 414 Å². The molecule has 0 bridgehead atoms. The molecule has 11 aromatic carbocycles. The summed E-state index contributed by atoms with van der Waals surface area (Å²) in [6, 6.07) is 90.5. The molecule has 0 saturated carbocycles. The van der Waals surface area contributed by atoms with Crippen LogP contribution in [0.25, 0.3) is 120 Å². The number of fused-ring (bicyclic) bond motifs is 15. The molecular formula is C66H40BN3S. The monoisotopic (exact) mass is 917 g/mol. The first-order valence-corrected chi connectivity index (χ1v) is 25.3. The molecule has 2 aliphatic rings. The van der Waals surface area contributed by atoms with Crippen LogP contribution in [0.15, 0.2) is 243 Å². The third-order valence-corrected chi connectivity index (χ3v) is 16.6. The van der Waals surface area contributed by atoms with E-state index in [1.165, 1.54) is 131 Å². The Kier molecular flexibility index (Phi) is 8.13. The number of benzene rings is 11. The Balaban J connectivity index is 1.11. The fourth-order valence-electron chi connectivity index (χ4n) is 12.4. The summed E-state index contributed by atoms with van der Waals surface area (Å²) < 4.78 is 7.76. The van der Waals surface area contributed by atoms with Crippen molar-refractivity contribution >= 4 is 104 Å². The second-order valence-corrected chi connectivity index (χ2v) is 20.2. The second kappa shape index (κ2) is 14.8. The number of nitrogens with zero attached hydrogens (tertiary/aromatic N) is 3. The van der Waals surface area contributed by atoms with E-state index in [-0.39, 0.29) is 6.85 Å². The van der Waals surface area contributed by atoms with Crippen molar-refractivity contribution in [3.8, 4) is 55.9 Å². The number of thiophene rings is 1. The van der Waals surface area contributed by atoms with Gasteiger partial charge in [-0.1, -0.05) is 176 Å². The normalized spacial score (nSPS) is 12.7. The molecule has 0 aliphatic carbocycles. The quantitative estimate of drug-likeness (QED) is 0.157. The molecule has 0 fully saturated rings. The van der Waals surface area contributed by atoms with Gasteiger partial charge < -0.3 is 13.9 Å². The van der Waals surface area contributed by atoms with E-state index in [2.05, 4.69) is 257 Å². The van der Waals surface area contributed by atoms with Gasteiger partial charge in [-0.3, -0.25) is 0 Å². The first kappa shape index (κ1) is 39.0. The molecule has 0 N–H and O–H groups in total. The van der Waals surface area contributed by atoms with E-state index >= 15 is 0 Å². The Morgan fingerprint density at radius 3 is 1.66 bits per heavy atom. The molecule has 0 unspecified atom stereocenters. The number of rotatable bonds is 5. The first-order valence-electron chi connectivity index (χ1n) is 24.5. The lowest BCUT2D eigenvalue weighted by molar-refractivity contribution is 1.18. The van der Waals surface area contributed by atoms with Gasteiger partial charge in [-0.05, 0) is 117 Å². The Morgan fingerprint density at radius 2 is 0.915 bits per heavy atom. The lowest BCUT2D eigenvalue weighted by Crippen LogP contribution is -2.60. The van der Waals surface area contributed by atoms with Crippen LogP contribution < -0.4 is 15.7 Å². The van der Waals surface area contributed by atoms with Crippen LogP contribution in [-0.2, 0) is 0 Å². The van der Waals surface area contributed by atoms with E-state index < -0.39 is 0 Å². The predicted molar refractivity (Wildman–Crippen MR) is 303 cm³/mol.